The second-order valence-electron chi connectivity index (χ2n) is 8.84. The average molecular weight is 399 g/mol. The zero-order valence-electron chi connectivity index (χ0n) is 16.5. The molecule has 3 fully saturated rings. The molecule has 1 aliphatic carbocycles. The fourth-order valence-corrected chi connectivity index (χ4v) is 5.48. The largest absolute Gasteiger partial charge is 0.329 e. The SMILES string of the molecule is Cc1ccccc1[C@@H]1[C@H]2CN(CC3CC3)C[C@H]2CN1C(=O)c1nn(C)cc1Cl. The summed E-state index contributed by atoms with van der Waals surface area (Å²) in [5.41, 5.74) is 2.89. The Bertz CT molecular complexity index is 906. The number of carbonyl (C=O) groups excluding carboxylic acids is 1. The van der Waals surface area contributed by atoms with Gasteiger partial charge in [-0.05, 0) is 42.7 Å². The highest BCUT2D eigenvalue weighted by molar-refractivity contribution is 6.33. The Morgan fingerprint density at radius 1 is 1.21 bits per heavy atom. The van der Waals surface area contributed by atoms with Crippen molar-refractivity contribution in [1.82, 2.24) is 19.6 Å². The van der Waals surface area contributed by atoms with E-state index >= 15 is 0 Å². The van der Waals surface area contributed by atoms with Crippen molar-refractivity contribution in [2.75, 3.05) is 26.2 Å². The molecular weight excluding hydrogens is 372 g/mol. The number of fused-ring (bicyclic) bond motifs is 1. The molecule has 1 saturated carbocycles. The van der Waals surface area contributed by atoms with Crippen LogP contribution < -0.4 is 0 Å². The highest BCUT2D eigenvalue weighted by Crippen LogP contribution is 2.47. The minimum Gasteiger partial charge on any atom is -0.329 e. The standard InChI is InChI=1S/C22H27ClN4O/c1-14-5-3-4-6-17(14)21-18-12-26(9-15-7-8-15)10-16(18)11-27(21)22(28)20-19(23)13-25(2)24-20/h3-6,13,15-16,18,21H,7-12H2,1-2H3/t16-,18-,21+/m0/s1. The average Bonchev–Trinajstić information content (AvgIpc) is 3.13. The van der Waals surface area contributed by atoms with Gasteiger partial charge in [-0.25, -0.2) is 0 Å². The van der Waals surface area contributed by atoms with Gasteiger partial charge >= 0.3 is 0 Å². The fraction of sp³-hybridized carbons (Fsp3) is 0.545. The third-order valence-electron chi connectivity index (χ3n) is 6.71. The van der Waals surface area contributed by atoms with E-state index < -0.39 is 0 Å². The highest BCUT2D eigenvalue weighted by Gasteiger charge is 2.50. The van der Waals surface area contributed by atoms with Crippen LogP contribution in [0, 0.1) is 24.7 Å². The van der Waals surface area contributed by atoms with Crippen LogP contribution in [0.5, 0.6) is 0 Å². The van der Waals surface area contributed by atoms with Gasteiger partial charge in [0.05, 0.1) is 11.1 Å². The number of likely N-dealkylation sites (tertiary alicyclic amines) is 2. The first-order valence-electron chi connectivity index (χ1n) is 10.3. The van der Waals surface area contributed by atoms with E-state index in [0.29, 0.717) is 22.6 Å². The molecule has 1 amide bonds. The van der Waals surface area contributed by atoms with Crippen molar-refractivity contribution in [3.63, 3.8) is 0 Å². The lowest BCUT2D eigenvalue weighted by atomic mass is 9.87. The third-order valence-corrected chi connectivity index (χ3v) is 6.98. The Labute approximate surface area is 171 Å². The number of nitrogens with zero attached hydrogens (tertiary/aromatic N) is 4. The van der Waals surface area contributed by atoms with Gasteiger partial charge in [-0.15, -0.1) is 0 Å². The van der Waals surface area contributed by atoms with Gasteiger partial charge in [0.1, 0.15) is 0 Å². The van der Waals surface area contributed by atoms with E-state index in [0.717, 1.165) is 25.6 Å². The Morgan fingerprint density at radius 2 is 2.00 bits per heavy atom. The summed E-state index contributed by atoms with van der Waals surface area (Å²) in [5.74, 6) is 1.86. The zero-order valence-corrected chi connectivity index (χ0v) is 17.3. The molecule has 3 heterocycles. The summed E-state index contributed by atoms with van der Waals surface area (Å²) < 4.78 is 1.62. The fourth-order valence-electron chi connectivity index (χ4n) is 5.22. The smallest absolute Gasteiger partial charge is 0.276 e. The molecule has 2 aliphatic heterocycles. The summed E-state index contributed by atoms with van der Waals surface area (Å²) in [6, 6.07) is 8.59. The van der Waals surface area contributed by atoms with E-state index in [1.807, 2.05) is 4.90 Å². The number of carbonyl (C=O) groups is 1. The molecule has 0 spiro atoms. The number of aromatic nitrogens is 2. The molecule has 148 valence electrons. The van der Waals surface area contributed by atoms with Crippen LogP contribution in [0.1, 0.15) is 40.5 Å². The molecule has 6 heteroatoms. The van der Waals surface area contributed by atoms with Gasteiger partial charge in [0.15, 0.2) is 5.69 Å². The van der Waals surface area contributed by atoms with Crippen LogP contribution in [0.25, 0.3) is 0 Å². The normalized spacial score (nSPS) is 27.4. The zero-order chi connectivity index (χ0) is 19.4. The maximum Gasteiger partial charge on any atom is 0.276 e. The topological polar surface area (TPSA) is 41.4 Å². The van der Waals surface area contributed by atoms with Gasteiger partial charge in [-0.3, -0.25) is 9.48 Å². The lowest BCUT2D eigenvalue weighted by Crippen LogP contribution is -2.36. The van der Waals surface area contributed by atoms with Crippen LogP contribution in [0.3, 0.4) is 0 Å². The molecule has 2 aromatic rings. The quantitative estimate of drug-likeness (QED) is 0.791. The highest BCUT2D eigenvalue weighted by atomic mass is 35.5. The van der Waals surface area contributed by atoms with Crippen molar-refractivity contribution in [3.05, 3.63) is 52.3 Å². The van der Waals surface area contributed by atoms with E-state index in [4.69, 9.17) is 11.6 Å². The van der Waals surface area contributed by atoms with Crippen molar-refractivity contribution in [3.8, 4) is 0 Å². The van der Waals surface area contributed by atoms with Crippen LogP contribution in [0.2, 0.25) is 5.02 Å². The summed E-state index contributed by atoms with van der Waals surface area (Å²) in [6.45, 7) is 6.35. The minimum atomic E-state index is -0.0398. The summed E-state index contributed by atoms with van der Waals surface area (Å²) in [6.07, 6.45) is 4.47. The van der Waals surface area contributed by atoms with Gasteiger partial charge in [0.2, 0.25) is 0 Å². The monoisotopic (exact) mass is 398 g/mol. The molecular formula is C22H27ClN4O. The van der Waals surface area contributed by atoms with Crippen molar-refractivity contribution < 1.29 is 4.79 Å². The van der Waals surface area contributed by atoms with Crippen LogP contribution in [0.15, 0.2) is 30.5 Å². The van der Waals surface area contributed by atoms with Crippen LogP contribution in [-0.2, 0) is 7.05 Å². The lowest BCUT2D eigenvalue weighted by molar-refractivity contribution is 0.0693. The first kappa shape index (κ1) is 18.2. The Balaban J connectivity index is 1.47. The molecule has 0 radical (unpaired) electrons. The second-order valence-corrected chi connectivity index (χ2v) is 9.25. The van der Waals surface area contributed by atoms with E-state index in [9.17, 15) is 4.79 Å². The Morgan fingerprint density at radius 3 is 2.68 bits per heavy atom. The maximum atomic E-state index is 13.4. The number of amides is 1. The Hall–Kier alpha value is -1.85. The number of hydrogen-bond donors (Lipinski definition) is 0. The van der Waals surface area contributed by atoms with Crippen LogP contribution in [-0.4, -0.2) is 51.7 Å². The van der Waals surface area contributed by atoms with Crippen molar-refractivity contribution in [1.29, 1.82) is 0 Å². The predicted octanol–water partition coefficient (Wildman–Crippen LogP) is 3.54. The molecule has 5 nitrogen and oxygen atoms in total. The van der Waals surface area contributed by atoms with Gasteiger partial charge in [0.25, 0.3) is 5.91 Å². The number of aryl methyl sites for hydroxylation is 2. The lowest BCUT2D eigenvalue weighted by Gasteiger charge is -2.30. The van der Waals surface area contributed by atoms with E-state index in [1.165, 1.54) is 30.5 Å². The molecule has 5 rings (SSSR count). The summed E-state index contributed by atoms with van der Waals surface area (Å²) >= 11 is 6.31. The molecule has 0 unspecified atom stereocenters. The molecule has 3 aliphatic rings. The first-order valence-corrected chi connectivity index (χ1v) is 10.7. The number of benzene rings is 1. The molecule has 1 aromatic heterocycles. The van der Waals surface area contributed by atoms with E-state index in [1.54, 1.807) is 17.9 Å². The minimum absolute atomic E-state index is 0.0398. The van der Waals surface area contributed by atoms with E-state index in [-0.39, 0.29) is 11.9 Å². The molecule has 28 heavy (non-hydrogen) atoms. The number of rotatable bonds is 4. The number of hydrogen-bond acceptors (Lipinski definition) is 3. The van der Waals surface area contributed by atoms with Gasteiger partial charge in [-0.2, -0.15) is 5.10 Å². The summed E-state index contributed by atoms with van der Waals surface area (Å²) in [7, 11) is 1.80. The molecule has 1 aromatic carbocycles. The van der Waals surface area contributed by atoms with Gasteiger partial charge < -0.3 is 9.80 Å². The van der Waals surface area contributed by atoms with Crippen LogP contribution in [0.4, 0.5) is 0 Å². The predicted molar refractivity (Wildman–Crippen MR) is 109 cm³/mol. The van der Waals surface area contributed by atoms with Crippen molar-refractivity contribution >= 4 is 17.5 Å². The van der Waals surface area contributed by atoms with Crippen molar-refractivity contribution in [2.45, 2.75) is 25.8 Å². The third kappa shape index (κ3) is 3.15. The summed E-state index contributed by atoms with van der Waals surface area (Å²) in [4.78, 5) is 18.1. The van der Waals surface area contributed by atoms with E-state index in [2.05, 4.69) is 41.2 Å². The molecule has 0 bridgehead atoms. The van der Waals surface area contributed by atoms with Gasteiger partial charge in [-0.1, -0.05) is 35.9 Å². The number of halogens is 1. The van der Waals surface area contributed by atoms with Gasteiger partial charge in [0, 0.05) is 45.3 Å². The molecule has 2 saturated heterocycles. The first-order chi connectivity index (χ1) is 13.5. The molecule has 0 N–H and O–H groups in total. The maximum absolute atomic E-state index is 13.4. The summed E-state index contributed by atoms with van der Waals surface area (Å²) in [5, 5.41) is 4.78. The second kappa shape index (κ2) is 6.89. The Kier molecular flexibility index (Phi) is 4.48. The van der Waals surface area contributed by atoms with Crippen LogP contribution >= 0.6 is 11.6 Å². The van der Waals surface area contributed by atoms with Crippen molar-refractivity contribution in [2.24, 2.45) is 24.8 Å². The molecule has 3 atom stereocenters.